The number of nitrogens with zero attached hydrogens (tertiary/aromatic N) is 1. The van der Waals surface area contributed by atoms with Gasteiger partial charge in [-0.1, -0.05) is 20.8 Å². The molecule has 0 bridgehead atoms. The van der Waals surface area contributed by atoms with E-state index in [2.05, 4.69) is 25.7 Å². The third-order valence-corrected chi connectivity index (χ3v) is 3.76. The first kappa shape index (κ1) is 13.9. The quantitative estimate of drug-likeness (QED) is 0.755. The summed E-state index contributed by atoms with van der Waals surface area (Å²) in [5, 5.41) is 10.1. The molecule has 0 amide bonds. The van der Waals surface area contributed by atoms with E-state index in [0.717, 1.165) is 32.4 Å². The highest BCUT2D eigenvalue weighted by Crippen LogP contribution is 2.28. The van der Waals surface area contributed by atoms with Gasteiger partial charge in [0.2, 0.25) is 0 Å². The molecule has 0 saturated carbocycles. The van der Waals surface area contributed by atoms with E-state index in [1.807, 2.05) is 6.92 Å². The lowest BCUT2D eigenvalue weighted by molar-refractivity contribution is 0.0386. The lowest BCUT2D eigenvalue weighted by atomic mass is 9.85. The van der Waals surface area contributed by atoms with E-state index < -0.39 is 5.60 Å². The molecule has 0 aromatic carbocycles. The van der Waals surface area contributed by atoms with Crippen LogP contribution in [0.2, 0.25) is 0 Å². The van der Waals surface area contributed by atoms with Crippen LogP contribution in [-0.4, -0.2) is 41.3 Å². The van der Waals surface area contributed by atoms with Crippen LogP contribution < -0.4 is 5.73 Å². The third-order valence-electron chi connectivity index (χ3n) is 3.76. The van der Waals surface area contributed by atoms with Crippen molar-refractivity contribution in [2.24, 2.45) is 11.1 Å². The summed E-state index contributed by atoms with van der Waals surface area (Å²) in [6.45, 7) is 11.4. The number of likely N-dealkylation sites (tertiary alicyclic amines) is 1. The number of hydrogen-bond donors (Lipinski definition) is 2. The molecule has 0 aliphatic carbocycles. The molecule has 0 radical (unpaired) electrons. The molecule has 3 nitrogen and oxygen atoms in total. The average molecular weight is 228 g/mol. The molecule has 1 aliphatic heterocycles. The topological polar surface area (TPSA) is 49.5 Å². The molecule has 1 heterocycles. The maximum Gasteiger partial charge on any atom is 0.0632 e. The summed E-state index contributed by atoms with van der Waals surface area (Å²) < 4.78 is 0. The van der Waals surface area contributed by atoms with Crippen molar-refractivity contribution < 1.29 is 5.11 Å². The summed E-state index contributed by atoms with van der Waals surface area (Å²) in [4.78, 5) is 2.46. The van der Waals surface area contributed by atoms with E-state index in [4.69, 9.17) is 5.73 Å². The second kappa shape index (κ2) is 5.03. The number of nitrogens with two attached hydrogens (primary N) is 1. The molecule has 1 aliphatic rings. The van der Waals surface area contributed by atoms with Gasteiger partial charge in [-0.25, -0.2) is 0 Å². The molecule has 16 heavy (non-hydrogen) atoms. The van der Waals surface area contributed by atoms with E-state index in [1.165, 1.54) is 0 Å². The van der Waals surface area contributed by atoms with Crippen molar-refractivity contribution in [1.29, 1.82) is 0 Å². The molecule has 3 N–H and O–H groups in total. The second-order valence-electron chi connectivity index (χ2n) is 6.50. The summed E-state index contributed by atoms with van der Waals surface area (Å²) in [5.41, 5.74) is 5.64. The smallest absolute Gasteiger partial charge is 0.0632 e. The van der Waals surface area contributed by atoms with Crippen molar-refractivity contribution in [1.82, 2.24) is 4.90 Å². The molecule has 96 valence electrons. The Bertz CT molecular complexity index is 220. The lowest BCUT2D eigenvalue weighted by Crippen LogP contribution is -2.49. The van der Waals surface area contributed by atoms with Gasteiger partial charge >= 0.3 is 0 Å². The Kier molecular flexibility index (Phi) is 4.38. The van der Waals surface area contributed by atoms with Gasteiger partial charge in [0.15, 0.2) is 0 Å². The van der Waals surface area contributed by atoms with Crippen molar-refractivity contribution in [3.8, 4) is 0 Å². The Labute approximate surface area is 100 Å². The minimum Gasteiger partial charge on any atom is -0.390 e. The molecule has 3 heteroatoms. The van der Waals surface area contributed by atoms with Crippen molar-refractivity contribution in [3.63, 3.8) is 0 Å². The average Bonchev–Trinajstić information content (AvgIpc) is 2.27. The maximum absolute atomic E-state index is 10.1. The number of rotatable bonds is 2. The fourth-order valence-electron chi connectivity index (χ4n) is 2.65. The first-order chi connectivity index (χ1) is 7.26. The van der Waals surface area contributed by atoms with Gasteiger partial charge in [-0.2, -0.15) is 0 Å². The second-order valence-corrected chi connectivity index (χ2v) is 6.50. The van der Waals surface area contributed by atoms with E-state index in [-0.39, 0.29) is 5.41 Å². The van der Waals surface area contributed by atoms with Gasteiger partial charge in [0, 0.05) is 19.1 Å². The molecule has 1 rings (SSSR count). The zero-order chi connectivity index (χ0) is 12.4. The normalized spacial score (nSPS) is 31.1. The standard InChI is InChI=1S/C13H28N2O/c1-12(2,3)11(10-14)15-8-5-6-13(4,16)7-9-15/h11,16H,5-10,14H2,1-4H3. The molecule has 1 saturated heterocycles. The Morgan fingerprint density at radius 3 is 2.44 bits per heavy atom. The van der Waals surface area contributed by atoms with E-state index in [0.29, 0.717) is 12.6 Å². The van der Waals surface area contributed by atoms with Crippen molar-refractivity contribution in [2.75, 3.05) is 19.6 Å². The van der Waals surface area contributed by atoms with Crippen LogP contribution in [0, 0.1) is 5.41 Å². The van der Waals surface area contributed by atoms with E-state index in [9.17, 15) is 5.11 Å². The SMILES string of the molecule is CC1(O)CCCN(C(CN)C(C)(C)C)CC1. The molecule has 1 fully saturated rings. The van der Waals surface area contributed by atoms with Gasteiger partial charge in [-0.3, -0.25) is 4.90 Å². The van der Waals surface area contributed by atoms with Gasteiger partial charge in [0.25, 0.3) is 0 Å². The number of aliphatic hydroxyl groups is 1. The van der Waals surface area contributed by atoms with Crippen LogP contribution in [0.5, 0.6) is 0 Å². The molecule has 0 aromatic rings. The predicted molar refractivity (Wildman–Crippen MR) is 68.3 cm³/mol. The van der Waals surface area contributed by atoms with Gasteiger partial charge in [-0.05, 0) is 38.1 Å². The van der Waals surface area contributed by atoms with Crippen LogP contribution >= 0.6 is 0 Å². The van der Waals surface area contributed by atoms with Crippen LogP contribution in [0.4, 0.5) is 0 Å². The first-order valence-corrected chi connectivity index (χ1v) is 6.43. The minimum absolute atomic E-state index is 0.213. The van der Waals surface area contributed by atoms with Crippen LogP contribution in [0.15, 0.2) is 0 Å². The highest BCUT2D eigenvalue weighted by Gasteiger charge is 2.32. The third kappa shape index (κ3) is 3.72. The van der Waals surface area contributed by atoms with Crippen LogP contribution in [0.3, 0.4) is 0 Å². The van der Waals surface area contributed by atoms with E-state index >= 15 is 0 Å². The van der Waals surface area contributed by atoms with Gasteiger partial charge < -0.3 is 10.8 Å². The zero-order valence-electron chi connectivity index (χ0n) is 11.3. The predicted octanol–water partition coefficient (Wildman–Crippen LogP) is 1.60. The zero-order valence-corrected chi connectivity index (χ0v) is 11.3. The van der Waals surface area contributed by atoms with Gasteiger partial charge in [0.05, 0.1) is 5.60 Å². The lowest BCUT2D eigenvalue weighted by Gasteiger charge is -2.39. The highest BCUT2D eigenvalue weighted by molar-refractivity contribution is 4.88. The molecule has 2 unspecified atom stereocenters. The number of hydrogen-bond acceptors (Lipinski definition) is 3. The first-order valence-electron chi connectivity index (χ1n) is 6.43. The molecular formula is C13H28N2O. The summed E-state index contributed by atoms with van der Waals surface area (Å²) in [7, 11) is 0. The van der Waals surface area contributed by atoms with Crippen molar-refractivity contribution in [3.05, 3.63) is 0 Å². The van der Waals surface area contributed by atoms with Crippen LogP contribution in [0.1, 0.15) is 47.0 Å². The van der Waals surface area contributed by atoms with Crippen molar-refractivity contribution in [2.45, 2.75) is 58.6 Å². The summed E-state index contributed by atoms with van der Waals surface area (Å²) in [5.74, 6) is 0. The summed E-state index contributed by atoms with van der Waals surface area (Å²) in [6, 6.07) is 0.418. The Balaban J connectivity index is 2.66. The van der Waals surface area contributed by atoms with Gasteiger partial charge in [-0.15, -0.1) is 0 Å². The minimum atomic E-state index is -0.480. The van der Waals surface area contributed by atoms with Crippen LogP contribution in [-0.2, 0) is 0 Å². The monoisotopic (exact) mass is 228 g/mol. The Morgan fingerprint density at radius 1 is 1.31 bits per heavy atom. The molecule has 2 atom stereocenters. The Hall–Kier alpha value is -0.120. The van der Waals surface area contributed by atoms with Crippen LogP contribution in [0.25, 0.3) is 0 Å². The molecule has 0 aromatic heterocycles. The summed E-state index contributed by atoms with van der Waals surface area (Å²) in [6.07, 6.45) is 2.84. The maximum atomic E-state index is 10.1. The fourth-order valence-corrected chi connectivity index (χ4v) is 2.65. The molecule has 0 spiro atoms. The molecular weight excluding hydrogens is 200 g/mol. The van der Waals surface area contributed by atoms with Crippen molar-refractivity contribution >= 4 is 0 Å². The fraction of sp³-hybridized carbons (Fsp3) is 1.00. The summed E-state index contributed by atoms with van der Waals surface area (Å²) >= 11 is 0. The highest BCUT2D eigenvalue weighted by atomic mass is 16.3. The Morgan fingerprint density at radius 2 is 1.94 bits per heavy atom. The van der Waals surface area contributed by atoms with E-state index in [1.54, 1.807) is 0 Å². The van der Waals surface area contributed by atoms with Gasteiger partial charge in [0.1, 0.15) is 0 Å². The largest absolute Gasteiger partial charge is 0.390 e.